The molecule has 2 aromatic heterocycles. The van der Waals surface area contributed by atoms with Gasteiger partial charge in [0.05, 0.1) is 0 Å². The maximum Gasteiger partial charge on any atom is 0.0484 e. The molecule has 0 fully saturated rings. The summed E-state index contributed by atoms with van der Waals surface area (Å²) in [7, 11) is 0. The van der Waals surface area contributed by atoms with Crippen molar-refractivity contribution in [1.82, 2.24) is 9.97 Å². The molecule has 2 nitrogen and oxygen atoms in total. The van der Waals surface area contributed by atoms with E-state index in [-0.39, 0.29) is 5.41 Å². The molecule has 134 valence electrons. The van der Waals surface area contributed by atoms with Crippen molar-refractivity contribution in [2.24, 2.45) is 0 Å². The van der Waals surface area contributed by atoms with Crippen LogP contribution in [0.3, 0.4) is 0 Å². The molecule has 4 aromatic rings. The van der Waals surface area contributed by atoms with Gasteiger partial charge in [-0.1, -0.05) is 50.6 Å². The first-order valence-electron chi connectivity index (χ1n) is 9.03. The Morgan fingerprint density at radius 3 is 2.41 bits per heavy atom. The molecule has 0 saturated heterocycles. The SMILES string of the molecule is CC(C)(C)c1cc(-c2cc(-c3ccccc3Cl)cc3cnccc23)ccn1. The first-order valence-corrected chi connectivity index (χ1v) is 9.41. The summed E-state index contributed by atoms with van der Waals surface area (Å²) in [5, 5.41) is 3.02. The molecule has 0 unspecified atom stereocenters. The summed E-state index contributed by atoms with van der Waals surface area (Å²) < 4.78 is 0. The van der Waals surface area contributed by atoms with Crippen molar-refractivity contribution in [3.63, 3.8) is 0 Å². The monoisotopic (exact) mass is 372 g/mol. The number of hydrogen-bond acceptors (Lipinski definition) is 2. The van der Waals surface area contributed by atoms with Gasteiger partial charge in [-0.2, -0.15) is 0 Å². The van der Waals surface area contributed by atoms with Gasteiger partial charge in [-0.05, 0) is 58.5 Å². The van der Waals surface area contributed by atoms with E-state index in [1.54, 1.807) is 0 Å². The molecule has 0 bridgehead atoms. The van der Waals surface area contributed by atoms with E-state index in [9.17, 15) is 0 Å². The Labute approximate surface area is 164 Å². The van der Waals surface area contributed by atoms with Crippen molar-refractivity contribution < 1.29 is 0 Å². The summed E-state index contributed by atoms with van der Waals surface area (Å²) in [4.78, 5) is 8.89. The maximum atomic E-state index is 6.47. The number of rotatable bonds is 2. The van der Waals surface area contributed by atoms with Crippen molar-refractivity contribution in [2.75, 3.05) is 0 Å². The van der Waals surface area contributed by atoms with Crippen LogP contribution >= 0.6 is 11.6 Å². The molecule has 2 heterocycles. The Bertz CT molecular complexity index is 1130. The highest BCUT2D eigenvalue weighted by Crippen LogP contribution is 2.37. The minimum absolute atomic E-state index is 0.00623. The Kier molecular flexibility index (Phi) is 4.45. The molecule has 3 heteroatoms. The second-order valence-electron chi connectivity index (χ2n) is 7.78. The molecular formula is C24H21ClN2. The smallest absolute Gasteiger partial charge is 0.0484 e. The zero-order chi connectivity index (χ0) is 19.0. The zero-order valence-electron chi connectivity index (χ0n) is 15.7. The molecule has 0 spiro atoms. The lowest BCUT2D eigenvalue weighted by Gasteiger charge is -2.19. The Morgan fingerprint density at radius 1 is 0.815 bits per heavy atom. The van der Waals surface area contributed by atoms with Crippen molar-refractivity contribution in [3.05, 3.63) is 83.9 Å². The van der Waals surface area contributed by atoms with E-state index in [0.29, 0.717) is 0 Å². The molecule has 0 atom stereocenters. The maximum absolute atomic E-state index is 6.47. The summed E-state index contributed by atoms with van der Waals surface area (Å²) in [5.41, 5.74) is 5.50. The Hall–Kier alpha value is -2.71. The third-order valence-electron chi connectivity index (χ3n) is 4.78. The number of pyridine rings is 2. The van der Waals surface area contributed by atoms with Crippen LogP contribution in [-0.2, 0) is 5.41 Å². The zero-order valence-corrected chi connectivity index (χ0v) is 16.5. The van der Waals surface area contributed by atoms with E-state index in [0.717, 1.165) is 38.4 Å². The quantitative estimate of drug-likeness (QED) is 0.382. The number of benzene rings is 2. The van der Waals surface area contributed by atoms with Crippen LogP contribution in [-0.4, -0.2) is 9.97 Å². The minimum Gasteiger partial charge on any atom is -0.264 e. The van der Waals surface area contributed by atoms with E-state index in [1.807, 2.05) is 36.8 Å². The summed E-state index contributed by atoms with van der Waals surface area (Å²) in [5.74, 6) is 0. The lowest BCUT2D eigenvalue weighted by Crippen LogP contribution is -2.13. The van der Waals surface area contributed by atoms with E-state index in [2.05, 4.69) is 67.1 Å². The van der Waals surface area contributed by atoms with Crippen molar-refractivity contribution in [3.8, 4) is 22.3 Å². The van der Waals surface area contributed by atoms with E-state index >= 15 is 0 Å². The number of fused-ring (bicyclic) bond motifs is 1. The fourth-order valence-electron chi connectivity index (χ4n) is 3.31. The highest BCUT2D eigenvalue weighted by atomic mass is 35.5. The average molecular weight is 373 g/mol. The molecule has 0 saturated carbocycles. The predicted octanol–water partition coefficient (Wildman–Crippen LogP) is 6.91. The van der Waals surface area contributed by atoms with Gasteiger partial charge in [-0.25, -0.2) is 0 Å². The van der Waals surface area contributed by atoms with Gasteiger partial charge in [0.2, 0.25) is 0 Å². The Balaban J connectivity index is 1.99. The lowest BCUT2D eigenvalue weighted by molar-refractivity contribution is 0.569. The van der Waals surface area contributed by atoms with E-state index in [1.165, 1.54) is 5.39 Å². The van der Waals surface area contributed by atoms with Crippen molar-refractivity contribution >= 4 is 22.4 Å². The van der Waals surface area contributed by atoms with Gasteiger partial charge in [0.25, 0.3) is 0 Å². The fraction of sp³-hybridized carbons (Fsp3) is 0.167. The highest BCUT2D eigenvalue weighted by Gasteiger charge is 2.17. The third kappa shape index (κ3) is 3.45. The summed E-state index contributed by atoms with van der Waals surface area (Å²) in [6.45, 7) is 6.55. The molecular weight excluding hydrogens is 352 g/mol. The van der Waals surface area contributed by atoms with Crippen LogP contribution in [0.2, 0.25) is 5.02 Å². The van der Waals surface area contributed by atoms with Crippen LogP contribution in [0.4, 0.5) is 0 Å². The van der Waals surface area contributed by atoms with Crippen molar-refractivity contribution in [2.45, 2.75) is 26.2 Å². The van der Waals surface area contributed by atoms with E-state index in [4.69, 9.17) is 11.6 Å². The van der Waals surface area contributed by atoms with Gasteiger partial charge in [-0.3, -0.25) is 9.97 Å². The molecule has 0 amide bonds. The largest absolute Gasteiger partial charge is 0.264 e. The van der Waals surface area contributed by atoms with Crippen LogP contribution < -0.4 is 0 Å². The van der Waals surface area contributed by atoms with Crippen LogP contribution in [0, 0.1) is 0 Å². The molecule has 0 aliphatic heterocycles. The summed E-state index contributed by atoms with van der Waals surface area (Å²) >= 11 is 6.47. The summed E-state index contributed by atoms with van der Waals surface area (Å²) in [6.07, 6.45) is 5.64. The number of halogens is 1. The fourth-order valence-corrected chi connectivity index (χ4v) is 3.55. The average Bonchev–Trinajstić information content (AvgIpc) is 2.67. The van der Waals surface area contributed by atoms with Gasteiger partial charge < -0.3 is 0 Å². The molecule has 27 heavy (non-hydrogen) atoms. The predicted molar refractivity (Wildman–Crippen MR) is 114 cm³/mol. The molecule has 0 aliphatic carbocycles. The number of nitrogens with zero attached hydrogens (tertiary/aromatic N) is 2. The highest BCUT2D eigenvalue weighted by molar-refractivity contribution is 6.33. The topological polar surface area (TPSA) is 25.8 Å². The standard InChI is InChI=1S/C24H21ClN2/c1-24(2,3)23-14-16(8-11-27-23)21-13-17(20-6-4-5-7-22(20)25)12-18-15-26-10-9-19(18)21/h4-15H,1-3H3. The molecule has 4 rings (SSSR count). The van der Waals surface area contributed by atoms with Crippen molar-refractivity contribution in [1.29, 1.82) is 0 Å². The Morgan fingerprint density at radius 2 is 1.63 bits per heavy atom. The van der Waals surface area contributed by atoms with Gasteiger partial charge in [0.1, 0.15) is 0 Å². The van der Waals surface area contributed by atoms with Gasteiger partial charge in [0, 0.05) is 45.7 Å². The molecule has 0 N–H and O–H groups in total. The summed E-state index contributed by atoms with van der Waals surface area (Å²) in [6, 6.07) is 18.6. The lowest BCUT2D eigenvalue weighted by atomic mass is 9.88. The number of hydrogen-bond donors (Lipinski definition) is 0. The first-order chi connectivity index (χ1) is 12.9. The van der Waals surface area contributed by atoms with Crippen LogP contribution in [0.5, 0.6) is 0 Å². The first kappa shape index (κ1) is 17.7. The number of aromatic nitrogens is 2. The van der Waals surface area contributed by atoms with Crippen LogP contribution in [0.15, 0.2) is 73.2 Å². The molecule has 0 radical (unpaired) electrons. The third-order valence-corrected chi connectivity index (χ3v) is 5.11. The van der Waals surface area contributed by atoms with Gasteiger partial charge in [0.15, 0.2) is 0 Å². The second-order valence-corrected chi connectivity index (χ2v) is 8.19. The van der Waals surface area contributed by atoms with Crippen LogP contribution in [0.25, 0.3) is 33.0 Å². The second kappa shape index (κ2) is 6.79. The van der Waals surface area contributed by atoms with Crippen LogP contribution in [0.1, 0.15) is 26.5 Å². The van der Waals surface area contributed by atoms with Gasteiger partial charge in [-0.15, -0.1) is 0 Å². The molecule has 0 aliphatic rings. The molecule has 2 aromatic carbocycles. The van der Waals surface area contributed by atoms with E-state index < -0.39 is 0 Å². The minimum atomic E-state index is -0.00623. The normalized spacial score (nSPS) is 11.7. The van der Waals surface area contributed by atoms with Gasteiger partial charge >= 0.3 is 0 Å².